The van der Waals surface area contributed by atoms with Crippen LogP contribution in [0.3, 0.4) is 0 Å². The van der Waals surface area contributed by atoms with E-state index in [2.05, 4.69) is 56.1 Å². The van der Waals surface area contributed by atoms with Crippen molar-refractivity contribution in [2.75, 3.05) is 0 Å². The molecule has 1 aromatic carbocycles. The molecule has 0 N–H and O–H groups in total. The summed E-state index contributed by atoms with van der Waals surface area (Å²) >= 11 is 7.29. The molecule has 0 saturated carbocycles. The van der Waals surface area contributed by atoms with E-state index in [1.54, 1.807) is 0 Å². The molecule has 11 heavy (non-hydrogen) atoms. The largest absolute Gasteiger partial charge is 0.0871 e. The predicted molar refractivity (Wildman–Crippen MR) is 54.5 cm³/mol. The lowest BCUT2D eigenvalue weighted by Gasteiger charge is -2.04. The molecule has 1 aliphatic rings. The summed E-state index contributed by atoms with van der Waals surface area (Å²) in [5.41, 5.74) is 2.91. The summed E-state index contributed by atoms with van der Waals surface area (Å²) < 4.78 is 0. The van der Waals surface area contributed by atoms with Crippen molar-refractivity contribution >= 4 is 31.9 Å². The molecule has 0 aromatic heterocycles. The van der Waals surface area contributed by atoms with Gasteiger partial charge in [-0.25, -0.2) is 0 Å². The Morgan fingerprint density at radius 3 is 2.64 bits per heavy atom. The van der Waals surface area contributed by atoms with Crippen molar-refractivity contribution in [1.82, 2.24) is 0 Å². The van der Waals surface area contributed by atoms with Gasteiger partial charge in [-0.1, -0.05) is 56.1 Å². The molecular weight excluding hydrogens is 268 g/mol. The molecule has 0 spiro atoms. The lowest BCUT2D eigenvalue weighted by Crippen LogP contribution is -1.97. The predicted octanol–water partition coefficient (Wildman–Crippen LogP) is 3.44. The topological polar surface area (TPSA) is 0 Å². The molecule has 0 bridgehead atoms. The highest BCUT2D eigenvalue weighted by Crippen LogP contribution is 2.41. The number of rotatable bonds is 0. The fourth-order valence-corrected chi connectivity index (χ4v) is 2.76. The zero-order chi connectivity index (χ0) is 7.84. The van der Waals surface area contributed by atoms with Gasteiger partial charge >= 0.3 is 0 Å². The van der Waals surface area contributed by atoms with Crippen molar-refractivity contribution in [2.24, 2.45) is 0 Å². The van der Waals surface area contributed by atoms with E-state index >= 15 is 0 Å². The van der Waals surface area contributed by atoms with Crippen LogP contribution in [0.2, 0.25) is 0 Å². The Morgan fingerprint density at radius 1 is 1.18 bits per heavy atom. The van der Waals surface area contributed by atoms with Crippen LogP contribution in [-0.2, 0) is 6.42 Å². The highest BCUT2D eigenvalue weighted by molar-refractivity contribution is 9.12. The number of hydrogen-bond acceptors (Lipinski definition) is 0. The van der Waals surface area contributed by atoms with E-state index in [4.69, 9.17) is 0 Å². The first-order valence-electron chi connectivity index (χ1n) is 3.65. The Kier molecular flexibility index (Phi) is 2.06. The van der Waals surface area contributed by atoms with Gasteiger partial charge in [0.25, 0.3) is 0 Å². The number of alkyl halides is 2. The van der Waals surface area contributed by atoms with Gasteiger partial charge < -0.3 is 0 Å². The molecule has 0 aliphatic heterocycles. The summed E-state index contributed by atoms with van der Waals surface area (Å²) in [7, 11) is 0. The van der Waals surface area contributed by atoms with Gasteiger partial charge in [0, 0.05) is 4.83 Å². The minimum atomic E-state index is 0.499. The Hall–Kier alpha value is 0.180. The summed E-state index contributed by atoms with van der Waals surface area (Å²) in [4.78, 5) is 1.07. The minimum Gasteiger partial charge on any atom is -0.0871 e. The highest BCUT2D eigenvalue weighted by Gasteiger charge is 2.27. The first kappa shape index (κ1) is 7.81. The molecule has 0 fully saturated rings. The van der Waals surface area contributed by atoms with E-state index < -0.39 is 0 Å². The molecule has 0 unspecified atom stereocenters. The normalized spacial score (nSPS) is 28.5. The molecule has 0 amide bonds. The quantitative estimate of drug-likeness (QED) is 0.637. The average Bonchev–Trinajstić information content (AvgIpc) is 2.30. The fourth-order valence-electron chi connectivity index (χ4n) is 1.50. The van der Waals surface area contributed by atoms with Crippen molar-refractivity contribution < 1.29 is 0 Å². The van der Waals surface area contributed by atoms with Gasteiger partial charge in [0.1, 0.15) is 0 Å². The van der Waals surface area contributed by atoms with Gasteiger partial charge in [-0.2, -0.15) is 0 Å². The van der Waals surface area contributed by atoms with Crippen LogP contribution in [0.1, 0.15) is 16.0 Å². The monoisotopic (exact) mass is 274 g/mol. The number of hydrogen-bond donors (Lipinski definition) is 0. The van der Waals surface area contributed by atoms with Gasteiger partial charge in [0.15, 0.2) is 0 Å². The third-order valence-corrected chi connectivity index (χ3v) is 4.78. The van der Waals surface area contributed by atoms with Crippen molar-refractivity contribution in [3.63, 3.8) is 0 Å². The summed E-state index contributed by atoms with van der Waals surface area (Å²) in [5, 5.41) is 0. The number of fused-ring (bicyclic) bond motifs is 1. The van der Waals surface area contributed by atoms with E-state index in [-0.39, 0.29) is 0 Å². The van der Waals surface area contributed by atoms with Crippen LogP contribution in [0.25, 0.3) is 0 Å². The molecular formula is C9H8Br2. The molecule has 1 aromatic rings. The van der Waals surface area contributed by atoms with Gasteiger partial charge in [-0.15, -0.1) is 0 Å². The standard InChI is InChI=1S/C9H8Br2/c10-8-5-6-3-1-2-4-7(6)9(8)11/h1-4,8-9H,5H2/t8-,9-/m1/s1. The molecule has 0 heterocycles. The Morgan fingerprint density at radius 2 is 1.91 bits per heavy atom. The fraction of sp³-hybridized carbons (Fsp3) is 0.333. The zero-order valence-corrected chi connectivity index (χ0v) is 9.10. The first-order chi connectivity index (χ1) is 5.29. The smallest absolute Gasteiger partial charge is 0.0526 e. The van der Waals surface area contributed by atoms with Crippen molar-refractivity contribution in [3.05, 3.63) is 35.4 Å². The second-order valence-electron chi connectivity index (χ2n) is 2.82. The molecule has 58 valence electrons. The second kappa shape index (κ2) is 2.91. The van der Waals surface area contributed by atoms with Crippen LogP contribution in [-0.4, -0.2) is 4.83 Å². The molecule has 0 saturated heterocycles. The average molecular weight is 276 g/mol. The van der Waals surface area contributed by atoms with E-state index in [9.17, 15) is 0 Å². The lowest BCUT2D eigenvalue weighted by atomic mass is 10.1. The van der Waals surface area contributed by atoms with Crippen LogP contribution >= 0.6 is 31.9 Å². The van der Waals surface area contributed by atoms with Crippen molar-refractivity contribution in [2.45, 2.75) is 16.1 Å². The van der Waals surface area contributed by atoms with Gasteiger partial charge in [0.05, 0.1) is 4.83 Å². The molecule has 2 heteroatoms. The molecule has 0 radical (unpaired) electrons. The van der Waals surface area contributed by atoms with E-state index in [1.807, 2.05) is 0 Å². The van der Waals surface area contributed by atoms with E-state index in [0.29, 0.717) is 9.65 Å². The third kappa shape index (κ3) is 1.27. The maximum absolute atomic E-state index is 3.66. The van der Waals surface area contributed by atoms with E-state index in [1.165, 1.54) is 11.1 Å². The Balaban J connectivity index is 2.47. The second-order valence-corrected chi connectivity index (χ2v) is 4.98. The summed E-state index contributed by atoms with van der Waals surface area (Å²) in [6.45, 7) is 0. The first-order valence-corrected chi connectivity index (χ1v) is 5.48. The molecule has 2 rings (SSSR count). The third-order valence-electron chi connectivity index (χ3n) is 2.08. The van der Waals surface area contributed by atoms with Crippen LogP contribution < -0.4 is 0 Å². The van der Waals surface area contributed by atoms with Crippen molar-refractivity contribution in [3.8, 4) is 0 Å². The zero-order valence-electron chi connectivity index (χ0n) is 5.93. The van der Waals surface area contributed by atoms with Crippen LogP contribution in [0, 0.1) is 0 Å². The van der Waals surface area contributed by atoms with Crippen LogP contribution in [0.4, 0.5) is 0 Å². The van der Waals surface area contributed by atoms with Crippen LogP contribution in [0.5, 0.6) is 0 Å². The highest BCUT2D eigenvalue weighted by atomic mass is 79.9. The SMILES string of the molecule is Br[C@@H]1Cc2ccccc2[C@H]1Br. The van der Waals surface area contributed by atoms with Crippen LogP contribution in [0.15, 0.2) is 24.3 Å². The van der Waals surface area contributed by atoms with Gasteiger partial charge in [-0.3, -0.25) is 0 Å². The summed E-state index contributed by atoms with van der Waals surface area (Å²) in [5.74, 6) is 0. The van der Waals surface area contributed by atoms with Gasteiger partial charge in [0.2, 0.25) is 0 Å². The number of benzene rings is 1. The number of halogens is 2. The molecule has 0 nitrogen and oxygen atoms in total. The Labute approximate surface area is 83.3 Å². The minimum absolute atomic E-state index is 0.499. The molecule has 2 atom stereocenters. The van der Waals surface area contributed by atoms with Gasteiger partial charge in [-0.05, 0) is 17.5 Å². The maximum atomic E-state index is 3.66. The van der Waals surface area contributed by atoms with E-state index in [0.717, 1.165) is 6.42 Å². The maximum Gasteiger partial charge on any atom is 0.0526 e. The summed E-state index contributed by atoms with van der Waals surface area (Å²) in [6, 6.07) is 8.59. The Bertz CT molecular complexity index is 270. The summed E-state index contributed by atoms with van der Waals surface area (Å²) in [6.07, 6.45) is 1.14. The lowest BCUT2D eigenvalue weighted by molar-refractivity contribution is 0.945. The molecule has 1 aliphatic carbocycles. The van der Waals surface area contributed by atoms with Crippen molar-refractivity contribution in [1.29, 1.82) is 0 Å².